The van der Waals surface area contributed by atoms with E-state index >= 15 is 0 Å². The van der Waals surface area contributed by atoms with E-state index in [9.17, 15) is 9.59 Å². The van der Waals surface area contributed by atoms with Crippen molar-refractivity contribution in [2.75, 3.05) is 0 Å². The minimum absolute atomic E-state index is 0.0656. The molecule has 0 aliphatic heterocycles. The van der Waals surface area contributed by atoms with E-state index in [1.54, 1.807) is 0 Å². The zero-order chi connectivity index (χ0) is 12.5. The number of rotatable bonds is 4. The molecule has 0 aromatic carbocycles. The lowest BCUT2D eigenvalue weighted by Gasteiger charge is -2.28. The largest absolute Gasteiger partial charge is 0.480 e. The summed E-state index contributed by atoms with van der Waals surface area (Å²) in [6.07, 6.45) is 2.17. The highest BCUT2D eigenvalue weighted by atomic mass is 16.4. The highest BCUT2D eigenvalue weighted by Gasteiger charge is 2.37. The van der Waals surface area contributed by atoms with Crippen LogP contribution in [0.2, 0.25) is 0 Å². The monoisotopic (exact) mass is 227 g/mol. The first kappa shape index (κ1) is 13.0. The van der Waals surface area contributed by atoms with Crippen molar-refractivity contribution < 1.29 is 14.7 Å². The molecule has 1 aliphatic rings. The zero-order valence-corrected chi connectivity index (χ0v) is 10.4. The van der Waals surface area contributed by atoms with Gasteiger partial charge in [-0.05, 0) is 24.2 Å². The topological polar surface area (TPSA) is 66.4 Å². The molecular weight excluding hydrogens is 206 g/mol. The molecule has 4 nitrogen and oxygen atoms in total. The molecule has 4 heteroatoms. The van der Waals surface area contributed by atoms with Crippen LogP contribution in [0.1, 0.15) is 40.5 Å². The molecular formula is C12H21NO3. The standard InChI is InChI=1S/C12H21NO3/c1-7(8-5-6-8)10(14)13-9(11(15)16)12(2,3)4/h7-9H,5-6H2,1-4H3,(H,13,14)(H,15,16)/t7?,9-/m0/s1. The Hall–Kier alpha value is -1.06. The van der Waals surface area contributed by atoms with Gasteiger partial charge in [-0.2, -0.15) is 0 Å². The second kappa shape index (κ2) is 4.44. The first-order valence-electron chi connectivity index (χ1n) is 5.76. The third kappa shape index (κ3) is 3.22. The van der Waals surface area contributed by atoms with Crippen LogP contribution in [0.4, 0.5) is 0 Å². The maximum Gasteiger partial charge on any atom is 0.326 e. The van der Waals surface area contributed by atoms with Crippen LogP contribution in [0.5, 0.6) is 0 Å². The maximum atomic E-state index is 11.8. The van der Waals surface area contributed by atoms with Gasteiger partial charge in [-0.25, -0.2) is 4.79 Å². The molecule has 16 heavy (non-hydrogen) atoms. The third-order valence-corrected chi connectivity index (χ3v) is 3.14. The number of carbonyl (C=O) groups excluding carboxylic acids is 1. The fraction of sp³-hybridized carbons (Fsp3) is 0.833. The molecule has 1 saturated carbocycles. The lowest BCUT2D eigenvalue weighted by molar-refractivity contribution is -0.145. The average Bonchev–Trinajstić information content (AvgIpc) is 2.92. The Kier molecular flexibility index (Phi) is 3.61. The summed E-state index contributed by atoms with van der Waals surface area (Å²) >= 11 is 0. The minimum atomic E-state index is -0.969. The Morgan fingerprint density at radius 1 is 1.31 bits per heavy atom. The summed E-state index contributed by atoms with van der Waals surface area (Å²) in [5.74, 6) is -0.715. The Balaban J connectivity index is 2.61. The number of hydrogen-bond acceptors (Lipinski definition) is 2. The third-order valence-electron chi connectivity index (χ3n) is 3.14. The van der Waals surface area contributed by atoms with E-state index in [0.717, 1.165) is 12.8 Å². The van der Waals surface area contributed by atoms with Gasteiger partial charge in [-0.1, -0.05) is 27.7 Å². The van der Waals surface area contributed by atoms with Crippen LogP contribution in [-0.2, 0) is 9.59 Å². The summed E-state index contributed by atoms with van der Waals surface area (Å²) in [7, 11) is 0. The number of amides is 1. The molecule has 1 aliphatic carbocycles. The molecule has 0 aromatic rings. The van der Waals surface area contributed by atoms with E-state index < -0.39 is 17.4 Å². The molecule has 0 spiro atoms. The van der Waals surface area contributed by atoms with Crippen molar-refractivity contribution in [3.63, 3.8) is 0 Å². The number of nitrogens with one attached hydrogen (secondary N) is 1. The average molecular weight is 227 g/mol. The van der Waals surface area contributed by atoms with Crippen molar-refractivity contribution in [2.24, 2.45) is 17.3 Å². The fourth-order valence-corrected chi connectivity index (χ4v) is 1.73. The van der Waals surface area contributed by atoms with E-state index in [-0.39, 0.29) is 11.8 Å². The predicted molar refractivity (Wildman–Crippen MR) is 60.9 cm³/mol. The van der Waals surface area contributed by atoms with Gasteiger partial charge in [0.2, 0.25) is 5.91 Å². The summed E-state index contributed by atoms with van der Waals surface area (Å²) in [5, 5.41) is 11.7. The molecule has 0 bridgehead atoms. The summed E-state index contributed by atoms with van der Waals surface area (Å²) in [5.41, 5.74) is -0.467. The number of aliphatic carboxylic acids is 1. The summed E-state index contributed by atoms with van der Waals surface area (Å²) in [4.78, 5) is 22.9. The molecule has 1 amide bonds. The molecule has 2 N–H and O–H groups in total. The van der Waals surface area contributed by atoms with Crippen molar-refractivity contribution in [1.29, 1.82) is 0 Å². The number of carbonyl (C=O) groups is 2. The molecule has 92 valence electrons. The van der Waals surface area contributed by atoms with Crippen molar-refractivity contribution in [1.82, 2.24) is 5.32 Å². The van der Waals surface area contributed by atoms with Crippen molar-refractivity contribution in [3.05, 3.63) is 0 Å². The lowest BCUT2D eigenvalue weighted by Crippen LogP contribution is -2.50. The molecule has 0 heterocycles. The Labute approximate surface area is 96.4 Å². The normalized spacial score (nSPS) is 20.0. The molecule has 1 unspecified atom stereocenters. The Morgan fingerprint density at radius 2 is 1.81 bits per heavy atom. The summed E-state index contributed by atoms with van der Waals surface area (Å²) in [6, 6.07) is -0.818. The molecule has 1 rings (SSSR count). The van der Waals surface area contributed by atoms with Gasteiger partial charge in [0.15, 0.2) is 0 Å². The second-order valence-electron chi connectivity index (χ2n) is 5.77. The second-order valence-corrected chi connectivity index (χ2v) is 5.77. The van der Waals surface area contributed by atoms with E-state index in [1.165, 1.54) is 0 Å². The van der Waals surface area contributed by atoms with Gasteiger partial charge in [-0.15, -0.1) is 0 Å². The van der Waals surface area contributed by atoms with Crippen LogP contribution < -0.4 is 5.32 Å². The molecule has 0 saturated heterocycles. The highest BCUT2D eigenvalue weighted by molar-refractivity contribution is 5.85. The Morgan fingerprint density at radius 3 is 2.12 bits per heavy atom. The first-order chi connectivity index (χ1) is 7.23. The van der Waals surface area contributed by atoms with E-state index in [4.69, 9.17) is 5.11 Å². The van der Waals surface area contributed by atoms with Crippen LogP contribution in [0.25, 0.3) is 0 Å². The molecule has 0 radical (unpaired) electrons. The van der Waals surface area contributed by atoms with Crippen LogP contribution in [0.3, 0.4) is 0 Å². The minimum Gasteiger partial charge on any atom is -0.480 e. The first-order valence-corrected chi connectivity index (χ1v) is 5.76. The molecule has 0 aromatic heterocycles. The van der Waals surface area contributed by atoms with Crippen molar-refractivity contribution in [3.8, 4) is 0 Å². The Bertz CT molecular complexity index is 289. The van der Waals surface area contributed by atoms with Gasteiger partial charge >= 0.3 is 5.97 Å². The van der Waals surface area contributed by atoms with Gasteiger partial charge < -0.3 is 10.4 Å². The lowest BCUT2D eigenvalue weighted by atomic mass is 9.86. The smallest absolute Gasteiger partial charge is 0.326 e. The molecule has 1 fully saturated rings. The number of hydrogen-bond donors (Lipinski definition) is 2. The van der Waals surface area contributed by atoms with Gasteiger partial charge in [-0.3, -0.25) is 4.79 Å². The van der Waals surface area contributed by atoms with E-state index in [1.807, 2.05) is 27.7 Å². The van der Waals surface area contributed by atoms with E-state index in [2.05, 4.69) is 5.32 Å². The number of carboxylic acid groups (broad SMARTS) is 1. The zero-order valence-electron chi connectivity index (χ0n) is 10.4. The van der Waals surface area contributed by atoms with Gasteiger partial charge in [0, 0.05) is 5.92 Å². The van der Waals surface area contributed by atoms with Crippen LogP contribution in [0, 0.1) is 17.3 Å². The maximum absolute atomic E-state index is 11.8. The quantitative estimate of drug-likeness (QED) is 0.767. The number of carboxylic acids is 1. The predicted octanol–water partition coefficient (Wildman–Crippen LogP) is 1.65. The van der Waals surface area contributed by atoms with Gasteiger partial charge in [0.1, 0.15) is 6.04 Å². The summed E-state index contributed by atoms with van der Waals surface area (Å²) < 4.78 is 0. The summed E-state index contributed by atoms with van der Waals surface area (Å²) in [6.45, 7) is 7.31. The van der Waals surface area contributed by atoms with Crippen molar-refractivity contribution in [2.45, 2.75) is 46.6 Å². The highest BCUT2D eigenvalue weighted by Crippen LogP contribution is 2.36. The van der Waals surface area contributed by atoms with Gasteiger partial charge in [0.25, 0.3) is 0 Å². The van der Waals surface area contributed by atoms with Crippen LogP contribution >= 0.6 is 0 Å². The van der Waals surface area contributed by atoms with Crippen LogP contribution in [-0.4, -0.2) is 23.0 Å². The van der Waals surface area contributed by atoms with E-state index in [0.29, 0.717) is 5.92 Å². The van der Waals surface area contributed by atoms with Crippen molar-refractivity contribution >= 4 is 11.9 Å². The fourth-order valence-electron chi connectivity index (χ4n) is 1.73. The SMILES string of the molecule is CC(C(=O)N[C@@H](C(=O)O)C(C)(C)C)C1CC1. The van der Waals surface area contributed by atoms with Gasteiger partial charge in [0.05, 0.1) is 0 Å². The molecule has 2 atom stereocenters. The van der Waals surface area contributed by atoms with Crippen LogP contribution in [0.15, 0.2) is 0 Å².